The molecule has 3 heteroatoms. The zero-order chi connectivity index (χ0) is 12.7. The first-order chi connectivity index (χ1) is 8.13. The molecule has 0 radical (unpaired) electrons. The van der Waals surface area contributed by atoms with Crippen molar-refractivity contribution < 1.29 is 14.3 Å². The lowest BCUT2D eigenvalue weighted by Gasteiger charge is -2.06. The number of hydrogen-bond donors (Lipinski definition) is 0. The normalized spacial score (nSPS) is 10.0. The number of hydrogen-bond acceptors (Lipinski definition) is 3. The Hall–Kier alpha value is -1.64. The highest BCUT2D eigenvalue weighted by Crippen LogP contribution is 2.15. The first-order valence-electron chi connectivity index (χ1n) is 5.89. The number of carbonyl (C=O) groups excluding carboxylic acids is 2. The molecule has 1 rings (SSSR count). The quantitative estimate of drug-likeness (QED) is 0.681. The van der Waals surface area contributed by atoms with Gasteiger partial charge < -0.3 is 9.53 Å². The van der Waals surface area contributed by atoms with E-state index in [2.05, 4.69) is 0 Å². The van der Waals surface area contributed by atoms with Crippen LogP contribution in [-0.4, -0.2) is 18.2 Å². The van der Waals surface area contributed by atoms with E-state index in [0.29, 0.717) is 24.3 Å². The van der Waals surface area contributed by atoms with Crippen LogP contribution in [0.15, 0.2) is 24.3 Å². The highest BCUT2D eigenvalue weighted by atomic mass is 16.5. The van der Waals surface area contributed by atoms with Gasteiger partial charge in [0.1, 0.15) is 11.5 Å². The molecule has 0 aromatic heterocycles. The van der Waals surface area contributed by atoms with Crippen LogP contribution < -0.4 is 4.74 Å². The third-order valence-corrected chi connectivity index (χ3v) is 2.33. The summed E-state index contributed by atoms with van der Waals surface area (Å²) >= 11 is 0. The summed E-state index contributed by atoms with van der Waals surface area (Å²) < 4.78 is 5.45. The van der Waals surface area contributed by atoms with Gasteiger partial charge in [0.15, 0.2) is 5.78 Å². The zero-order valence-electron chi connectivity index (χ0n) is 10.4. The number of ether oxygens (including phenoxy) is 1. The van der Waals surface area contributed by atoms with Gasteiger partial charge in [0.2, 0.25) is 0 Å². The summed E-state index contributed by atoms with van der Waals surface area (Å²) in [6, 6.07) is 7.11. The minimum absolute atomic E-state index is 0.0119. The lowest BCUT2D eigenvalue weighted by molar-refractivity contribution is -0.116. The van der Waals surface area contributed by atoms with Gasteiger partial charge in [-0.05, 0) is 25.5 Å². The first kappa shape index (κ1) is 13.4. The van der Waals surface area contributed by atoms with E-state index in [9.17, 15) is 9.59 Å². The van der Waals surface area contributed by atoms with Crippen LogP contribution >= 0.6 is 0 Å². The smallest absolute Gasteiger partial charge is 0.163 e. The second-order valence-electron chi connectivity index (χ2n) is 4.00. The molecule has 0 atom stereocenters. The molecule has 1 aromatic rings. The number of rotatable bonds is 7. The van der Waals surface area contributed by atoms with Crippen molar-refractivity contribution in [1.82, 2.24) is 0 Å². The highest BCUT2D eigenvalue weighted by molar-refractivity contribution is 5.98. The van der Waals surface area contributed by atoms with E-state index in [1.54, 1.807) is 18.2 Å². The van der Waals surface area contributed by atoms with E-state index in [1.807, 2.05) is 13.0 Å². The maximum Gasteiger partial charge on any atom is 0.163 e. The molecule has 0 saturated carbocycles. The number of ketones is 2. The summed E-state index contributed by atoms with van der Waals surface area (Å²) in [5, 5.41) is 0. The van der Waals surface area contributed by atoms with Gasteiger partial charge in [0.25, 0.3) is 0 Å². The van der Waals surface area contributed by atoms with Crippen LogP contribution in [0, 0.1) is 0 Å². The van der Waals surface area contributed by atoms with Gasteiger partial charge in [0, 0.05) is 18.4 Å². The summed E-state index contributed by atoms with van der Waals surface area (Å²) in [4.78, 5) is 22.6. The second-order valence-corrected chi connectivity index (χ2v) is 4.00. The predicted octanol–water partition coefficient (Wildman–Crippen LogP) is 3.03. The van der Waals surface area contributed by atoms with Gasteiger partial charge in [0.05, 0.1) is 6.61 Å². The summed E-state index contributed by atoms with van der Waals surface area (Å²) in [6.07, 6.45) is 1.51. The largest absolute Gasteiger partial charge is 0.494 e. The molecule has 0 N–H and O–H groups in total. The lowest BCUT2D eigenvalue weighted by Crippen LogP contribution is -2.03. The van der Waals surface area contributed by atoms with Crippen molar-refractivity contribution in [2.45, 2.75) is 33.1 Å². The maximum atomic E-state index is 11.8. The van der Waals surface area contributed by atoms with Crippen molar-refractivity contribution in [3.05, 3.63) is 29.8 Å². The Balaban J connectivity index is 2.63. The number of carbonyl (C=O) groups is 2. The van der Waals surface area contributed by atoms with Crippen molar-refractivity contribution >= 4 is 11.6 Å². The number of Topliss-reactive ketones (excluding diaryl/α,β-unsaturated/α-hetero) is 2. The molecule has 3 nitrogen and oxygen atoms in total. The topological polar surface area (TPSA) is 43.4 Å². The zero-order valence-corrected chi connectivity index (χ0v) is 10.4. The third kappa shape index (κ3) is 4.81. The van der Waals surface area contributed by atoms with Crippen LogP contribution in [0.3, 0.4) is 0 Å². The van der Waals surface area contributed by atoms with Crippen molar-refractivity contribution in [3.63, 3.8) is 0 Å². The minimum Gasteiger partial charge on any atom is -0.494 e. The van der Waals surface area contributed by atoms with Crippen LogP contribution in [0.4, 0.5) is 0 Å². The Labute approximate surface area is 102 Å². The highest BCUT2D eigenvalue weighted by Gasteiger charge is 2.08. The molecular weight excluding hydrogens is 216 g/mol. The van der Waals surface area contributed by atoms with Gasteiger partial charge in [-0.15, -0.1) is 0 Å². The molecule has 0 bridgehead atoms. The van der Waals surface area contributed by atoms with Gasteiger partial charge in [-0.3, -0.25) is 4.79 Å². The summed E-state index contributed by atoms with van der Waals surface area (Å²) in [6.45, 7) is 4.17. The molecule has 0 saturated heterocycles. The van der Waals surface area contributed by atoms with Crippen LogP contribution in [-0.2, 0) is 4.79 Å². The third-order valence-electron chi connectivity index (χ3n) is 2.33. The van der Waals surface area contributed by atoms with Gasteiger partial charge in [-0.1, -0.05) is 19.1 Å². The van der Waals surface area contributed by atoms with Crippen LogP contribution in [0.25, 0.3) is 0 Å². The Morgan fingerprint density at radius 1 is 1.24 bits per heavy atom. The van der Waals surface area contributed by atoms with Gasteiger partial charge in [-0.25, -0.2) is 0 Å². The van der Waals surface area contributed by atoms with E-state index >= 15 is 0 Å². The van der Waals surface area contributed by atoms with Crippen molar-refractivity contribution in [1.29, 1.82) is 0 Å². The van der Waals surface area contributed by atoms with E-state index in [0.717, 1.165) is 6.42 Å². The molecule has 0 unspecified atom stereocenters. The van der Waals surface area contributed by atoms with E-state index < -0.39 is 0 Å². The summed E-state index contributed by atoms with van der Waals surface area (Å²) in [5.74, 6) is 0.736. The Kier molecular flexibility index (Phi) is 5.40. The molecule has 17 heavy (non-hydrogen) atoms. The Morgan fingerprint density at radius 2 is 2.00 bits per heavy atom. The van der Waals surface area contributed by atoms with Crippen molar-refractivity contribution in [2.75, 3.05) is 6.61 Å². The fourth-order valence-electron chi connectivity index (χ4n) is 1.41. The Bertz CT molecular complexity index is 396. The Morgan fingerprint density at radius 3 is 2.65 bits per heavy atom. The van der Waals surface area contributed by atoms with Gasteiger partial charge >= 0.3 is 0 Å². The molecule has 92 valence electrons. The molecule has 0 aliphatic rings. The molecule has 0 amide bonds. The molecule has 0 aliphatic carbocycles. The van der Waals surface area contributed by atoms with E-state index in [4.69, 9.17) is 4.74 Å². The average molecular weight is 234 g/mol. The standard InChI is InChI=1S/C14H18O3/c1-3-9-17-13-6-4-5-12(10-13)14(16)8-7-11(2)15/h4-6,10H,3,7-9H2,1-2H3. The van der Waals surface area contributed by atoms with E-state index in [1.165, 1.54) is 6.92 Å². The van der Waals surface area contributed by atoms with E-state index in [-0.39, 0.29) is 18.0 Å². The van der Waals surface area contributed by atoms with Crippen molar-refractivity contribution in [2.24, 2.45) is 0 Å². The molecule has 0 spiro atoms. The fourth-order valence-corrected chi connectivity index (χ4v) is 1.41. The monoisotopic (exact) mass is 234 g/mol. The molecule has 0 fully saturated rings. The SMILES string of the molecule is CCCOc1cccc(C(=O)CCC(C)=O)c1. The molecular formula is C14H18O3. The van der Waals surface area contributed by atoms with Crippen LogP contribution in [0.1, 0.15) is 43.5 Å². The fraction of sp³-hybridized carbons (Fsp3) is 0.429. The minimum atomic E-state index is -0.0119. The van der Waals surface area contributed by atoms with Crippen LogP contribution in [0.2, 0.25) is 0 Å². The molecule has 0 aliphatic heterocycles. The average Bonchev–Trinajstić information content (AvgIpc) is 2.33. The number of benzene rings is 1. The first-order valence-corrected chi connectivity index (χ1v) is 5.89. The summed E-state index contributed by atoms with van der Waals surface area (Å²) in [7, 11) is 0. The van der Waals surface area contributed by atoms with Gasteiger partial charge in [-0.2, -0.15) is 0 Å². The lowest BCUT2D eigenvalue weighted by atomic mass is 10.1. The van der Waals surface area contributed by atoms with Crippen molar-refractivity contribution in [3.8, 4) is 5.75 Å². The summed E-state index contributed by atoms with van der Waals surface area (Å²) in [5.41, 5.74) is 0.611. The maximum absolute atomic E-state index is 11.8. The second kappa shape index (κ2) is 6.84. The van der Waals surface area contributed by atoms with Crippen LogP contribution in [0.5, 0.6) is 5.75 Å². The molecule has 1 aromatic carbocycles. The molecule has 0 heterocycles. The predicted molar refractivity (Wildman–Crippen MR) is 66.5 cm³/mol.